The number of carbonyl (C=O) groups excluding carboxylic acids is 1. The van der Waals surface area contributed by atoms with Gasteiger partial charge in [-0.15, -0.1) is 0 Å². The van der Waals surface area contributed by atoms with Crippen LogP contribution in [0.25, 0.3) is 17.5 Å². The molecule has 1 aliphatic heterocycles. The molecule has 0 N–H and O–H groups in total. The second kappa shape index (κ2) is 7.42. The van der Waals surface area contributed by atoms with E-state index in [-0.39, 0.29) is 19.1 Å². The molecule has 1 aromatic heterocycles. The maximum absolute atomic E-state index is 12.3. The Morgan fingerprint density at radius 1 is 1.11 bits per heavy atom. The number of fused-ring (bicyclic) bond motifs is 1. The number of ether oxygens (including phenoxy) is 2. The van der Waals surface area contributed by atoms with Crippen molar-refractivity contribution in [3.8, 4) is 17.1 Å². The third kappa shape index (κ3) is 3.97. The van der Waals surface area contributed by atoms with Crippen LogP contribution in [-0.2, 0) is 16.1 Å². The Kier molecular flexibility index (Phi) is 4.83. The lowest BCUT2D eigenvalue weighted by Crippen LogP contribution is -2.17. The molecule has 27 heavy (non-hydrogen) atoms. The van der Waals surface area contributed by atoms with E-state index in [0.29, 0.717) is 27.2 Å². The second-order valence-corrected chi connectivity index (χ2v) is 6.61. The Bertz CT molecular complexity index is 1030. The minimum atomic E-state index is -0.521. The summed E-state index contributed by atoms with van der Waals surface area (Å²) < 4.78 is 15.9. The van der Waals surface area contributed by atoms with Crippen LogP contribution in [0, 0.1) is 0 Å². The molecule has 0 saturated heterocycles. The summed E-state index contributed by atoms with van der Waals surface area (Å²) in [5, 5.41) is 5.04. The van der Waals surface area contributed by atoms with Crippen molar-refractivity contribution in [3.05, 3.63) is 69.5 Å². The number of rotatable bonds is 4. The van der Waals surface area contributed by atoms with Crippen molar-refractivity contribution in [1.29, 1.82) is 0 Å². The zero-order valence-electron chi connectivity index (χ0n) is 13.8. The van der Waals surface area contributed by atoms with E-state index in [4.69, 9.17) is 37.2 Å². The van der Waals surface area contributed by atoms with Gasteiger partial charge in [0, 0.05) is 21.2 Å². The Balaban J connectivity index is 1.42. The summed E-state index contributed by atoms with van der Waals surface area (Å²) in [5.74, 6) is 0.725. The molecule has 1 aliphatic rings. The van der Waals surface area contributed by atoms with Crippen LogP contribution in [0.2, 0.25) is 10.0 Å². The van der Waals surface area contributed by atoms with Crippen LogP contribution < -0.4 is 4.74 Å². The van der Waals surface area contributed by atoms with Crippen LogP contribution in [0.1, 0.15) is 11.5 Å². The van der Waals surface area contributed by atoms with Crippen LogP contribution in [0.4, 0.5) is 0 Å². The monoisotopic (exact) mass is 402 g/mol. The van der Waals surface area contributed by atoms with Crippen molar-refractivity contribution in [3.63, 3.8) is 0 Å². The van der Waals surface area contributed by atoms with Gasteiger partial charge in [0.2, 0.25) is 5.82 Å². The van der Waals surface area contributed by atoms with Crippen LogP contribution in [0.5, 0.6) is 5.75 Å². The van der Waals surface area contributed by atoms with E-state index in [9.17, 15) is 4.79 Å². The average Bonchev–Trinajstić information content (AvgIpc) is 3.15. The predicted molar refractivity (Wildman–Crippen MR) is 99.5 cm³/mol. The molecule has 8 heteroatoms. The van der Waals surface area contributed by atoms with Gasteiger partial charge in [0.1, 0.15) is 12.4 Å². The van der Waals surface area contributed by atoms with Crippen molar-refractivity contribution in [2.45, 2.75) is 6.61 Å². The van der Waals surface area contributed by atoms with E-state index in [1.54, 1.807) is 48.5 Å². The van der Waals surface area contributed by atoms with Crippen molar-refractivity contribution in [2.24, 2.45) is 0 Å². The molecule has 4 rings (SSSR count). The molecule has 0 unspecified atom stereocenters. The molecule has 0 bridgehead atoms. The van der Waals surface area contributed by atoms with Gasteiger partial charge >= 0.3 is 5.97 Å². The van der Waals surface area contributed by atoms with Crippen molar-refractivity contribution in [1.82, 2.24) is 10.1 Å². The molecule has 0 atom stereocenters. The van der Waals surface area contributed by atoms with E-state index in [2.05, 4.69) is 10.1 Å². The first-order valence-electron chi connectivity index (χ1n) is 7.97. The van der Waals surface area contributed by atoms with E-state index >= 15 is 0 Å². The van der Waals surface area contributed by atoms with Crippen LogP contribution in [-0.4, -0.2) is 22.7 Å². The van der Waals surface area contributed by atoms with Gasteiger partial charge in [-0.1, -0.05) is 28.4 Å². The van der Waals surface area contributed by atoms with Gasteiger partial charge < -0.3 is 14.0 Å². The molecule has 0 amide bonds. The van der Waals surface area contributed by atoms with Gasteiger partial charge in [0.25, 0.3) is 5.89 Å². The SMILES string of the molecule is O=C(OCc1nc(-c2ccc(Cl)cc2)no1)C1=Cc2cc(Cl)ccc2OC1. The molecule has 2 heterocycles. The highest BCUT2D eigenvalue weighted by Crippen LogP contribution is 2.29. The fourth-order valence-corrected chi connectivity index (χ4v) is 2.82. The molecule has 2 aromatic carbocycles. The van der Waals surface area contributed by atoms with E-state index < -0.39 is 5.97 Å². The van der Waals surface area contributed by atoms with Gasteiger partial charge in [-0.2, -0.15) is 4.98 Å². The minimum absolute atomic E-state index is 0.118. The normalized spacial score (nSPS) is 12.7. The summed E-state index contributed by atoms with van der Waals surface area (Å²) in [5.41, 5.74) is 1.85. The summed E-state index contributed by atoms with van der Waals surface area (Å²) in [6.45, 7) is -0.0213. The quantitative estimate of drug-likeness (QED) is 0.595. The lowest BCUT2D eigenvalue weighted by Gasteiger charge is -2.17. The summed E-state index contributed by atoms with van der Waals surface area (Å²) >= 11 is 11.8. The highest BCUT2D eigenvalue weighted by Gasteiger charge is 2.20. The number of benzene rings is 2. The van der Waals surface area contributed by atoms with Gasteiger partial charge in [0.15, 0.2) is 6.61 Å². The first-order valence-corrected chi connectivity index (χ1v) is 8.72. The van der Waals surface area contributed by atoms with Crippen molar-refractivity contribution < 1.29 is 18.8 Å². The maximum Gasteiger partial charge on any atom is 0.338 e. The fourth-order valence-electron chi connectivity index (χ4n) is 2.52. The molecular formula is C19H12Cl2N2O4. The smallest absolute Gasteiger partial charge is 0.338 e. The molecule has 0 fully saturated rings. The number of halogens is 2. The maximum atomic E-state index is 12.3. The summed E-state index contributed by atoms with van der Waals surface area (Å²) in [6, 6.07) is 12.2. The lowest BCUT2D eigenvalue weighted by atomic mass is 10.1. The third-order valence-corrected chi connectivity index (χ3v) is 4.33. The summed E-state index contributed by atoms with van der Waals surface area (Å²) in [4.78, 5) is 16.5. The Morgan fingerprint density at radius 3 is 2.70 bits per heavy atom. The Labute approximate surface area is 164 Å². The molecule has 0 radical (unpaired) electrons. The predicted octanol–water partition coefficient (Wildman–Crippen LogP) is 4.56. The van der Waals surface area contributed by atoms with Crippen LogP contribution in [0.15, 0.2) is 52.6 Å². The minimum Gasteiger partial charge on any atom is -0.488 e. The van der Waals surface area contributed by atoms with E-state index in [1.165, 1.54) is 0 Å². The number of hydrogen-bond acceptors (Lipinski definition) is 6. The molecule has 0 aliphatic carbocycles. The first-order chi connectivity index (χ1) is 13.1. The summed E-state index contributed by atoms with van der Waals surface area (Å²) in [6.07, 6.45) is 1.69. The standard InChI is InChI=1S/C19H12Cl2N2O4/c20-14-3-1-11(2-4-14)18-22-17(27-23-18)10-26-19(24)13-7-12-8-15(21)5-6-16(12)25-9-13/h1-8H,9-10H2. The first kappa shape index (κ1) is 17.6. The largest absolute Gasteiger partial charge is 0.488 e. The molecule has 0 spiro atoms. The lowest BCUT2D eigenvalue weighted by molar-refractivity contribution is -0.141. The van der Waals surface area contributed by atoms with E-state index in [0.717, 1.165) is 11.1 Å². The number of carbonyl (C=O) groups is 1. The Hall–Kier alpha value is -2.83. The second-order valence-electron chi connectivity index (χ2n) is 5.74. The highest BCUT2D eigenvalue weighted by atomic mass is 35.5. The van der Waals surface area contributed by atoms with Crippen molar-refractivity contribution >= 4 is 35.2 Å². The number of nitrogens with zero attached hydrogens (tertiary/aromatic N) is 2. The van der Waals surface area contributed by atoms with E-state index in [1.807, 2.05) is 0 Å². The molecule has 3 aromatic rings. The molecule has 0 saturated carbocycles. The zero-order valence-corrected chi connectivity index (χ0v) is 15.3. The fraction of sp³-hybridized carbons (Fsp3) is 0.105. The number of hydrogen-bond donors (Lipinski definition) is 0. The van der Waals surface area contributed by atoms with Gasteiger partial charge in [-0.25, -0.2) is 4.79 Å². The van der Waals surface area contributed by atoms with Gasteiger partial charge in [0.05, 0.1) is 5.57 Å². The topological polar surface area (TPSA) is 74.5 Å². The average molecular weight is 403 g/mol. The Morgan fingerprint density at radius 2 is 1.89 bits per heavy atom. The molecule has 136 valence electrons. The van der Waals surface area contributed by atoms with Crippen molar-refractivity contribution in [2.75, 3.05) is 6.61 Å². The number of esters is 1. The highest BCUT2D eigenvalue weighted by molar-refractivity contribution is 6.31. The van der Waals surface area contributed by atoms with Gasteiger partial charge in [-0.3, -0.25) is 0 Å². The molecule has 6 nitrogen and oxygen atoms in total. The third-order valence-electron chi connectivity index (χ3n) is 3.84. The number of aromatic nitrogens is 2. The zero-order chi connectivity index (χ0) is 18.8. The molecular weight excluding hydrogens is 391 g/mol. The van der Waals surface area contributed by atoms with Crippen LogP contribution >= 0.6 is 23.2 Å². The van der Waals surface area contributed by atoms with Crippen LogP contribution in [0.3, 0.4) is 0 Å². The van der Waals surface area contributed by atoms with Gasteiger partial charge in [-0.05, 0) is 48.5 Å². The summed E-state index contributed by atoms with van der Waals surface area (Å²) in [7, 11) is 0.